The van der Waals surface area contributed by atoms with Gasteiger partial charge in [-0.3, -0.25) is 14.5 Å². The van der Waals surface area contributed by atoms with E-state index in [2.05, 4.69) is 27.7 Å². The zero-order valence-corrected chi connectivity index (χ0v) is 15.5. The molecule has 136 valence electrons. The summed E-state index contributed by atoms with van der Waals surface area (Å²) in [5.74, 6) is 0.0568. The third-order valence-electron chi connectivity index (χ3n) is 5.17. The van der Waals surface area contributed by atoms with Crippen molar-refractivity contribution in [2.24, 2.45) is 0 Å². The molecule has 2 amide bonds. The lowest BCUT2D eigenvalue weighted by Crippen LogP contribution is -2.36. The monoisotopic (exact) mass is 369 g/mol. The fourth-order valence-corrected chi connectivity index (χ4v) is 4.53. The minimum absolute atomic E-state index is 0.0728. The van der Waals surface area contributed by atoms with Gasteiger partial charge >= 0.3 is 0 Å². The van der Waals surface area contributed by atoms with E-state index in [1.54, 1.807) is 11.3 Å². The zero-order chi connectivity index (χ0) is 17.9. The summed E-state index contributed by atoms with van der Waals surface area (Å²) in [6.45, 7) is 4.43. The van der Waals surface area contributed by atoms with Gasteiger partial charge in [-0.05, 0) is 29.5 Å². The predicted molar refractivity (Wildman–Crippen MR) is 102 cm³/mol. The fraction of sp³-hybridized carbons (Fsp3) is 0.400. The van der Waals surface area contributed by atoms with E-state index in [1.807, 2.05) is 29.2 Å². The number of nitrogens with zero attached hydrogens (tertiary/aromatic N) is 2. The maximum Gasteiger partial charge on any atom is 0.252 e. The first-order valence-corrected chi connectivity index (χ1v) is 10.0. The van der Waals surface area contributed by atoms with E-state index in [0.717, 1.165) is 44.7 Å². The van der Waals surface area contributed by atoms with Crippen molar-refractivity contribution < 1.29 is 9.59 Å². The predicted octanol–water partition coefficient (Wildman–Crippen LogP) is 2.66. The molecule has 5 nitrogen and oxygen atoms in total. The van der Waals surface area contributed by atoms with Crippen LogP contribution in [-0.2, 0) is 11.3 Å². The minimum atomic E-state index is -0.198. The summed E-state index contributed by atoms with van der Waals surface area (Å²) in [7, 11) is 0. The second-order valence-electron chi connectivity index (χ2n) is 6.91. The average molecular weight is 369 g/mol. The van der Waals surface area contributed by atoms with Gasteiger partial charge in [0.15, 0.2) is 0 Å². The molecule has 26 heavy (non-hydrogen) atoms. The Morgan fingerprint density at radius 3 is 2.85 bits per heavy atom. The number of amides is 2. The van der Waals surface area contributed by atoms with E-state index in [9.17, 15) is 9.59 Å². The van der Waals surface area contributed by atoms with Crippen molar-refractivity contribution in [3.8, 4) is 0 Å². The Hall–Kier alpha value is -2.18. The molecule has 6 heteroatoms. The standard InChI is InChI=1S/C20H23N3O2S/c24-19(13-18-16-6-1-2-7-17(16)20(25)21-18)23-9-4-8-22(10-11-23)14-15-5-3-12-26-15/h1-3,5-7,12,18H,4,8-11,13-14H2,(H,21,25)/t18-/m0/s1. The van der Waals surface area contributed by atoms with Crippen molar-refractivity contribution in [2.75, 3.05) is 26.2 Å². The Bertz CT molecular complexity index is 790. The molecular formula is C20H23N3O2S. The first-order valence-electron chi connectivity index (χ1n) is 9.13. The molecule has 1 saturated heterocycles. The Kier molecular flexibility index (Phi) is 5.04. The second kappa shape index (κ2) is 7.60. The number of rotatable bonds is 4. The van der Waals surface area contributed by atoms with Crippen molar-refractivity contribution in [3.63, 3.8) is 0 Å². The molecule has 4 rings (SSSR count). The minimum Gasteiger partial charge on any atom is -0.345 e. The van der Waals surface area contributed by atoms with E-state index < -0.39 is 0 Å². The number of thiophene rings is 1. The summed E-state index contributed by atoms with van der Waals surface area (Å²) in [5, 5.41) is 5.06. The van der Waals surface area contributed by atoms with Crippen LogP contribution in [0.5, 0.6) is 0 Å². The molecule has 1 aromatic carbocycles. The maximum absolute atomic E-state index is 12.8. The molecular weight excluding hydrogens is 346 g/mol. The Labute approximate surface area is 157 Å². The molecule has 2 aliphatic rings. The largest absolute Gasteiger partial charge is 0.345 e. The van der Waals surface area contributed by atoms with Gasteiger partial charge in [-0.1, -0.05) is 24.3 Å². The highest BCUT2D eigenvalue weighted by atomic mass is 32.1. The fourth-order valence-electron chi connectivity index (χ4n) is 3.79. The lowest BCUT2D eigenvalue weighted by Gasteiger charge is -2.23. The number of hydrogen-bond donors (Lipinski definition) is 1. The molecule has 0 spiro atoms. The summed E-state index contributed by atoms with van der Waals surface area (Å²) in [5.41, 5.74) is 1.64. The molecule has 0 saturated carbocycles. The van der Waals surface area contributed by atoms with Crippen LogP contribution in [0.1, 0.15) is 39.7 Å². The second-order valence-corrected chi connectivity index (χ2v) is 7.94. The Balaban J connectivity index is 1.35. The smallest absolute Gasteiger partial charge is 0.252 e. The number of nitrogens with one attached hydrogen (secondary N) is 1. The molecule has 2 aromatic rings. The van der Waals surface area contributed by atoms with Crippen LogP contribution in [-0.4, -0.2) is 47.8 Å². The molecule has 0 radical (unpaired) electrons. The number of benzene rings is 1. The first kappa shape index (κ1) is 17.2. The molecule has 0 bridgehead atoms. The van der Waals surface area contributed by atoms with Crippen LogP contribution in [0.2, 0.25) is 0 Å². The van der Waals surface area contributed by atoms with E-state index in [-0.39, 0.29) is 17.9 Å². The van der Waals surface area contributed by atoms with Gasteiger partial charge < -0.3 is 10.2 Å². The summed E-state index contributed by atoms with van der Waals surface area (Å²) < 4.78 is 0. The summed E-state index contributed by atoms with van der Waals surface area (Å²) in [6, 6.07) is 11.6. The van der Waals surface area contributed by atoms with Crippen molar-refractivity contribution in [1.29, 1.82) is 0 Å². The highest BCUT2D eigenvalue weighted by Crippen LogP contribution is 2.28. The number of carbonyl (C=O) groups excluding carboxylic acids is 2. The quantitative estimate of drug-likeness (QED) is 0.901. The van der Waals surface area contributed by atoms with Gasteiger partial charge in [0, 0.05) is 43.2 Å². The Morgan fingerprint density at radius 2 is 2.00 bits per heavy atom. The van der Waals surface area contributed by atoms with Gasteiger partial charge in [-0.2, -0.15) is 0 Å². The summed E-state index contributed by atoms with van der Waals surface area (Å²) in [6.07, 6.45) is 1.33. The maximum atomic E-state index is 12.8. The van der Waals surface area contributed by atoms with E-state index in [1.165, 1.54) is 4.88 Å². The van der Waals surface area contributed by atoms with Crippen LogP contribution < -0.4 is 5.32 Å². The van der Waals surface area contributed by atoms with Gasteiger partial charge in [0.05, 0.1) is 12.5 Å². The molecule has 3 heterocycles. The molecule has 1 aromatic heterocycles. The van der Waals surface area contributed by atoms with Gasteiger partial charge in [-0.25, -0.2) is 0 Å². The highest BCUT2D eigenvalue weighted by Gasteiger charge is 2.31. The molecule has 1 atom stereocenters. The van der Waals surface area contributed by atoms with E-state index in [4.69, 9.17) is 0 Å². The van der Waals surface area contributed by atoms with Gasteiger partial charge in [-0.15, -0.1) is 11.3 Å². The summed E-state index contributed by atoms with van der Waals surface area (Å²) >= 11 is 1.78. The van der Waals surface area contributed by atoms with Gasteiger partial charge in [0.1, 0.15) is 0 Å². The Morgan fingerprint density at radius 1 is 1.12 bits per heavy atom. The van der Waals surface area contributed by atoms with Crippen molar-refractivity contribution in [1.82, 2.24) is 15.1 Å². The number of carbonyl (C=O) groups is 2. The molecule has 1 N–H and O–H groups in total. The summed E-state index contributed by atoms with van der Waals surface area (Å²) in [4.78, 5) is 30.6. The number of hydrogen-bond acceptors (Lipinski definition) is 4. The highest BCUT2D eigenvalue weighted by molar-refractivity contribution is 7.09. The normalized spacial score (nSPS) is 20.5. The molecule has 0 aliphatic carbocycles. The third kappa shape index (κ3) is 3.66. The van der Waals surface area contributed by atoms with Crippen LogP contribution >= 0.6 is 11.3 Å². The first-order chi connectivity index (χ1) is 12.7. The number of fused-ring (bicyclic) bond motifs is 1. The van der Waals surface area contributed by atoms with Crippen LogP contribution in [0.3, 0.4) is 0 Å². The van der Waals surface area contributed by atoms with Gasteiger partial charge in [0.25, 0.3) is 5.91 Å². The third-order valence-corrected chi connectivity index (χ3v) is 6.03. The molecule has 1 fully saturated rings. The van der Waals surface area contributed by atoms with Gasteiger partial charge in [0.2, 0.25) is 5.91 Å². The zero-order valence-electron chi connectivity index (χ0n) is 14.7. The van der Waals surface area contributed by atoms with Crippen LogP contribution in [0.15, 0.2) is 41.8 Å². The van der Waals surface area contributed by atoms with Crippen molar-refractivity contribution in [2.45, 2.75) is 25.4 Å². The molecule has 0 unspecified atom stereocenters. The van der Waals surface area contributed by atoms with Crippen LogP contribution in [0.25, 0.3) is 0 Å². The average Bonchev–Trinajstić information content (AvgIpc) is 3.18. The lowest BCUT2D eigenvalue weighted by molar-refractivity contribution is -0.131. The van der Waals surface area contributed by atoms with Crippen LogP contribution in [0.4, 0.5) is 0 Å². The van der Waals surface area contributed by atoms with E-state index >= 15 is 0 Å². The van der Waals surface area contributed by atoms with Crippen LogP contribution in [0, 0.1) is 0 Å². The SMILES string of the molecule is O=C1N[C@@H](CC(=O)N2CCCN(Cc3cccs3)CC2)c2ccccc21. The van der Waals surface area contributed by atoms with E-state index in [0.29, 0.717) is 12.0 Å². The van der Waals surface area contributed by atoms with Crippen molar-refractivity contribution in [3.05, 3.63) is 57.8 Å². The van der Waals surface area contributed by atoms with Crippen molar-refractivity contribution >= 4 is 23.2 Å². The lowest BCUT2D eigenvalue weighted by atomic mass is 10.0. The molecule has 2 aliphatic heterocycles. The topological polar surface area (TPSA) is 52.7 Å².